The summed E-state index contributed by atoms with van der Waals surface area (Å²) in [5.74, 6) is 0.649. The van der Waals surface area contributed by atoms with Crippen LogP contribution in [0.4, 0.5) is 10.2 Å². The van der Waals surface area contributed by atoms with Crippen LogP contribution < -0.4 is 4.90 Å². The fourth-order valence-electron chi connectivity index (χ4n) is 2.92. The fraction of sp³-hybridized carbons (Fsp3) is 0.100. The normalized spacial score (nSPS) is 11.0. The highest BCUT2D eigenvalue weighted by Gasteiger charge is 2.16. The molecule has 2 aromatic heterocycles. The van der Waals surface area contributed by atoms with Crippen LogP contribution in [0.15, 0.2) is 66.3 Å². The quantitative estimate of drug-likeness (QED) is 0.511. The smallest absolute Gasteiger partial charge is 0.141 e. The molecule has 0 unspecified atom stereocenters. The minimum absolute atomic E-state index is 0.235. The topological polar surface area (TPSA) is 29.0 Å². The lowest BCUT2D eigenvalue weighted by atomic mass is 10.1. The van der Waals surface area contributed by atoms with Crippen molar-refractivity contribution in [3.8, 4) is 11.1 Å². The van der Waals surface area contributed by atoms with Crippen LogP contribution in [0.5, 0.6) is 0 Å². The predicted octanol–water partition coefficient (Wildman–Crippen LogP) is 5.13. The maximum atomic E-state index is 13.3. The van der Waals surface area contributed by atoms with Crippen LogP contribution in [-0.2, 0) is 6.54 Å². The van der Waals surface area contributed by atoms with Crippen molar-refractivity contribution in [3.05, 3.63) is 77.7 Å². The van der Waals surface area contributed by atoms with Crippen molar-refractivity contribution in [2.45, 2.75) is 6.54 Å². The highest BCUT2D eigenvalue weighted by Crippen LogP contribution is 2.37. The lowest BCUT2D eigenvalue weighted by molar-refractivity contribution is 0.628. The van der Waals surface area contributed by atoms with Gasteiger partial charge in [0.2, 0.25) is 0 Å². The Hall–Kier alpha value is -2.79. The lowest BCUT2D eigenvalue weighted by Crippen LogP contribution is -2.18. The summed E-state index contributed by atoms with van der Waals surface area (Å²) in [4.78, 5) is 12.0. The zero-order chi connectivity index (χ0) is 17.2. The van der Waals surface area contributed by atoms with E-state index in [1.807, 2.05) is 25.2 Å². The molecule has 0 bridgehead atoms. The van der Waals surface area contributed by atoms with E-state index in [1.165, 1.54) is 17.7 Å². The van der Waals surface area contributed by atoms with Crippen molar-refractivity contribution in [1.82, 2.24) is 9.97 Å². The molecule has 0 aliphatic rings. The van der Waals surface area contributed by atoms with Crippen LogP contribution in [0.25, 0.3) is 21.3 Å². The van der Waals surface area contributed by atoms with Crippen LogP contribution in [-0.4, -0.2) is 17.0 Å². The molecule has 0 spiro atoms. The molecule has 4 rings (SSSR count). The third-order valence-corrected chi connectivity index (χ3v) is 5.02. The first-order valence-electron chi connectivity index (χ1n) is 7.95. The number of benzene rings is 2. The average Bonchev–Trinajstić information content (AvgIpc) is 3.07. The van der Waals surface area contributed by atoms with Crippen molar-refractivity contribution >= 4 is 27.4 Å². The molecule has 0 N–H and O–H groups in total. The number of rotatable bonds is 4. The molecule has 0 atom stereocenters. The van der Waals surface area contributed by atoms with Gasteiger partial charge in [0.15, 0.2) is 0 Å². The number of anilines is 1. The van der Waals surface area contributed by atoms with Gasteiger partial charge in [0.05, 0.1) is 5.39 Å². The van der Waals surface area contributed by atoms with Gasteiger partial charge in [0, 0.05) is 24.5 Å². The van der Waals surface area contributed by atoms with Gasteiger partial charge < -0.3 is 4.90 Å². The molecule has 0 radical (unpaired) electrons. The first-order valence-corrected chi connectivity index (χ1v) is 8.83. The molecule has 25 heavy (non-hydrogen) atoms. The molecule has 2 heterocycles. The summed E-state index contributed by atoms with van der Waals surface area (Å²) in [6.45, 7) is 0.756. The Labute approximate surface area is 149 Å². The Morgan fingerprint density at radius 1 is 1.00 bits per heavy atom. The average molecular weight is 349 g/mol. The summed E-state index contributed by atoms with van der Waals surface area (Å²) < 4.78 is 13.3. The van der Waals surface area contributed by atoms with Crippen molar-refractivity contribution in [2.24, 2.45) is 0 Å². The van der Waals surface area contributed by atoms with Gasteiger partial charge in [0.25, 0.3) is 0 Å². The molecule has 0 fully saturated rings. The molecular weight excluding hydrogens is 333 g/mol. The zero-order valence-electron chi connectivity index (χ0n) is 13.7. The lowest BCUT2D eigenvalue weighted by Gasteiger charge is -2.19. The largest absolute Gasteiger partial charge is 0.355 e. The van der Waals surface area contributed by atoms with Crippen molar-refractivity contribution < 1.29 is 4.39 Å². The second-order valence-corrected chi connectivity index (χ2v) is 6.73. The SMILES string of the molecule is CN(Cc1ccccc1)c1ncnc2scc(-c3ccc(F)cc3)c12. The molecule has 0 amide bonds. The maximum absolute atomic E-state index is 13.3. The summed E-state index contributed by atoms with van der Waals surface area (Å²) in [5.41, 5.74) is 3.22. The van der Waals surface area contributed by atoms with Crippen LogP contribution in [0, 0.1) is 5.82 Å². The summed E-state index contributed by atoms with van der Waals surface area (Å²) in [6.07, 6.45) is 1.60. The Bertz CT molecular complexity index is 997. The number of aromatic nitrogens is 2. The molecule has 3 nitrogen and oxygen atoms in total. The minimum Gasteiger partial charge on any atom is -0.355 e. The Morgan fingerprint density at radius 2 is 1.76 bits per heavy atom. The monoisotopic (exact) mass is 349 g/mol. The first kappa shape index (κ1) is 15.7. The van der Waals surface area contributed by atoms with Gasteiger partial charge >= 0.3 is 0 Å². The molecular formula is C20H16FN3S. The Kier molecular flexibility index (Phi) is 4.15. The van der Waals surface area contributed by atoms with Gasteiger partial charge in [-0.05, 0) is 23.3 Å². The molecule has 0 saturated heterocycles. The molecule has 0 aliphatic heterocycles. The molecule has 124 valence electrons. The molecule has 5 heteroatoms. The molecule has 2 aromatic carbocycles. The summed E-state index contributed by atoms with van der Waals surface area (Å²) in [5, 5.41) is 3.07. The Morgan fingerprint density at radius 3 is 2.52 bits per heavy atom. The highest BCUT2D eigenvalue weighted by atomic mass is 32.1. The van der Waals surface area contributed by atoms with E-state index < -0.39 is 0 Å². The van der Waals surface area contributed by atoms with Crippen LogP contribution in [0.3, 0.4) is 0 Å². The number of thiophene rings is 1. The van der Waals surface area contributed by atoms with Crippen LogP contribution >= 0.6 is 11.3 Å². The van der Waals surface area contributed by atoms with Crippen LogP contribution in [0.2, 0.25) is 0 Å². The molecule has 0 aliphatic carbocycles. The summed E-state index contributed by atoms with van der Waals surface area (Å²) in [7, 11) is 2.03. The standard InChI is InChI=1S/C20H16FN3S/c1-24(11-14-5-3-2-4-6-14)19-18-17(12-25-20(18)23-13-22-19)15-7-9-16(21)10-8-15/h2-10,12-13H,11H2,1H3. The van der Waals surface area contributed by atoms with E-state index >= 15 is 0 Å². The van der Waals surface area contributed by atoms with E-state index in [-0.39, 0.29) is 5.82 Å². The van der Waals surface area contributed by atoms with E-state index in [0.717, 1.165) is 33.7 Å². The van der Waals surface area contributed by atoms with E-state index in [4.69, 9.17) is 0 Å². The first-order chi connectivity index (χ1) is 12.2. The van der Waals surface area contributed by atoms with E-state index in [1.54, 1.807) is 29.8 Å². The van der Waals surface area contributed by atoms with Gasteiger partial charge in [-0.15, -0.1) is 11.3 Å². The van der Waals surface area contributed by atoms with Gasteiger partial charge in [0.1, 0.15) is 22.8 Å². The highest BCUT2D eigenvalue weighted by molar-refractivity contribution is 7.17. The second kappa shape index (κ2) is 6.61. The van der Waals surface area contributed by atoms with Crippen molar-refractivity contribution in [1.29, 1.82) is 0 Å². The van der Waals surface area contributed by atoms with Crippen LogP contribution in [0.1, 0.15) is 5.56 Å². The Balaban J connectivity index is 1.78. The third-order valence-electron chi connectivity index (χ3n) is 4.13. The van der Waals surface area contributed by atoms with Gasteiger partial charge in [-0.1, -0.05) is 42.5 Å². The number of fused-ring (bicyclic) bond motifs is 1. The van der Waals surface area contributed by atoms with Crippen molar-refractivity contribution in [2.75, 3.05) is 11.9 Å². The minimum atomic E-state index is -0.235. The van der Waals surface area contributed by atoms with Gasteiger partial charge in [-0.3, -0.25) is 0 Å². The summed E-state index contributed by atoms with van der Waals surface area (Å²) >= 11 is 1.58. The number of hydrogen-bond acceptors (Lipinski definition) is 4. The predicted molar refractivity (Wildman–Crippen MR) is 101 cm³/mol. The summed E-state index contributed by atoms with van der Waals surface area (Å²) in [6, 6.07) is 16.8. The van der Waals surface area contributed by atoms with Crippen molar-refractivity contribution in [3.63, 3.8) is 0 Å². The zero-order valence-corrected chi connectivity index (χ0v) is 14.5. The number of nitrogens with zero attached hydrogens (tertiary/aromatic N) is 3. The van der Waals surface area contributed by atoms with Gasteiger partial charge in [-0.25, -0.2) is 14.4 Å². The molecule has 4 aromatic rings. The number of hydrogen-bond donors (Lipinski definition) is 0. The van der Waals surface area contributed by atoms with E-state index in [0.29, 0.717) is 0 Å². The fourth-order valence-corrected chi connectivity index (χ4v) is 3.83. The van der Waals surface area contributed by atoms with E-state index in [2.05, 4.69) is 32.4 Å². The third kappa shape index (κ3) is 3.10. The number of halogens is 1. The molecule has 0 saturated carbocycles. The van der Waals surface area contributed by atoms with Gasteiger partial charge in [-0.2, -0.15) is 0 Å². The van der Waals surface area contributed by atoms with E-state index in [9.17, 15) is 4.39 Å². The second-order valence-electron chi connectivity index (χ2n) is 5.88. The maximum Gasteiger partial charge on any atom is 0.141 e.